The van der Waals surface area contributed by atoms with E-state index in [-0.39, 0.29) is 18.5 Å². The number of carbonyl (C=O) groups is 2. The van der Waals surface area contributed by atoms with Crippen molar-refractivity contribution in [1.82, 2.24) is 0 Å². The van der Waals surface area contributed by atoms with Crippen LogP contribution in [0, 0.1) is 0 Å². The van der Waals surface area contributed by atoms with E-state index in [0.717, 1.165) is 32.1 Å². The quantitative estimate of drug-likeness (QED) is 0.0452. The fourth-order valence-corrected chi connectivity index (χ4v) is 8.16. The topological polar surface area (TPSA) is 61.8 Å². The number of esters is 2. The summed E-state index contributed by atoms with van der Waals surface area (Å²) < 4.78 is 17.4. The van der Waals surface area contributed by atoms with Crippen molar-refractivity contribution in [2.75, 3.05) is 19.8 Å². The summed E-state index contributed by atoms with van der Waals surface area (Å²) in [5.74, 6) is -0.370. The van der Waals surface area contributed by atoms with Crippen molar-refractivity contribution in [1.29, 1.82) is 0 Å². The Morgan fingerprint density at radius 2 is 0.569 bits per heavy atom. The lowest BCUT2D eigenvalue weighted by Crippen LogP contribution is -2.30. The molecular weight excluding hydrogens is 717 g/mol. The molecule has 0 radical (unpaired) electrons. The summed E-state index contributed by atoms with van der Waals surface area (Å²) in [5, 5.41) is 0. The normalized spacial score (nSPS) is 12.0. The number of unbranched alkanes of at least 4 members (excludes halogenated alkanes) is 39. The summed E-state index contributed by atoms with van der Waals surface area (Å²) in [4.78, 5) is 25.4. The highest BCUT2D eigenvalue weighted by molar-refractivity contribution is 5.70. The molecular formula is C53H104O5. The van der Waals surface area contributed by atoms with Gasteiger partial charge < -0.3 is 14.2 Å². The molecule has 0 spiro atoms. The van der Waals surface area contributed by atoms with Gasteiger partial charge in [0.25, 0.3) is 0 Å². The van der Waals surface area contributed by atoms with Gasteiger partial charge in [-0.15, -0.1) is 0 Å². The molecule has 0 N–H and O–H groups in total. The van der Waals surface area contributed by atoms with Crippen molar-refractivity contribution in [3.05, 3.63) is 0 Å². The smallest absolute Gasteiger partial charge is 0.306 e. The Hall–Kier alpha value is -1.10. The van der Waals surface area contributed by atoms with E-state index in [1.54, 1.807) is 0 Å². The molecule has 5 nitrogen and oxygen atoms in total. The van der Waals surface area contributed by atoms with Crippen LogP contribution in [0.3, 0.4) is 0 Å². The molecule has 0 amide bonds. The Morgan fingerprint density at radius 1 is 0.310 bits per heavy atom. The molecule has 0 fully saturated rings. The number of hydrogen-bond acceptors (Lipinski definition) is 5. The molecule has 0 saturated carbocycles. The minimum atomic E-state index is -0.522. The van der Waals surface area contributed by atoms with E-state index in [2.05, 4.69) is 20.8 Å². The average molecular weight is 821 g/mol. The van der Waals surface area contributed by atoms with Crippen LogP contribution in [0.15, 0.2) is 0 Å². The molecule has 0 rings (SSSR count). The predicted octanol–water partition coefficient (Wildman–Crippen LogP) is 17.7. The summed E-state index contributed by atoms with van der Waals surface area (Å²) in [7, 11) is 0. The zero-order valence-electron chi connectivity index (χ0n) is 39.9. The van der Waals surface area contributed by atoms with Crippen LogP contribution >= 0.6 is 0 Å². The first-order chi connectivity index (χ1) is 28.6. The Morgan fingerprint density at radius 3 is 0.879 bits per heavy atom. The van der Waals surface area contributed by atoms with E-state index in [1.807, 2.05) is 0 Å². The molecule has 58 heavy (non-hydrogen) atoms. The zero-order valence-corrected chi connectivity index (χ0v) is 39.9. The summed E-state index contributed by atoms with van der Waals surface area (Å²) in [6.07, 6.45) is 55.4. The van der Waals surface area contributed by atoms with Crippen molar-refractivity contribution in [2.45, 2.75) is 309 Å². The molecule has 1 atom stereocenters. The van der Waals surface area contributed by atoms with Crippen molar-refractivity contribution in [3.63, 3.8) is 0 Å². The van der Waals surface area contributed by atoms with Crippen molar-refractivity contribution >= 4 is 11.9 Å². The molecule has 0 aliphatic carbocycles. The van der Waals surface area contributed by atoms with Gasteiger partial charge in [-0.1, -0.05) is 271 Å². The van der Waals surface area contributed by atoms with Crippen LogP contribution in [0.5, 0.6) is 0 Å². The zero-order chi connectivity index (χ0) is 42.1. The molecule has 0 aliphatic rings. The molecule has 1 unspecified atom stereocenters. The highest BCUT2D eigenvalue weighted by Gasteiger charge is 2.17. The van der Waals surface area contributed by atoms with E-state index in [9.17, 15) is 9.59 Å². The number of carbonyl (C=O) groups excluding carboxylic acids is 2. The highest BCUT2D eigenvalue weighted by Crippen LogP contribution is 2.17. The Labute approximate surface area is 363 Å². The van der Waals surface area contributed by atoms with E-state index < -0.39 is 6.10 Å². The Kier molecular flexibility index (Phi) is 49.3. The van der Waals surface area contributed by atoms with Gasteiger partial charge in [0.1, 0.15) is 6.61 Å². The third-order valence-corrected chi connectivity index (χ3v) is 12.1. The Balaban J connectivity index is 4.13. The summed E-state index contributed by atoms with van der Waals surface area (Å²) in [5.41, 5.74) is 0. The molecule has 0 aromatic rings. The lowest BCUT2D eigenvalue weighted by molar-refractivity contribution is -0.163. The predicted molar refractivity (Wildman–Crippen MR) is 252 cm³/mol. The summed E-state index contributed by atoms with van der Waals surface area (Å²) >= 11 is 0. The first-order valence-corrected chi connectivity index (χ1v) is 26.6. The molecule has 5 heteroatoms. The molecule has 346 valence electrons. The maximum atomic E-state index is 12.8. The van der Waals surface area contributed by atoms with Gasteiger partial charge >= 0.3 is 11.9 Å². The van der Waals surface area contributed by atoms with Crippen LogP contribution in [0.25, 0.3) is 0 Å². The summed E-state index contributed by atoms with van der Waals surface area (Å²) in [6.45, 7) is 7.90. The molecule has 0 bridgehead atoms. The number of hydrogen-bond donors (Lipinski definition) is 0. The van der Waals surface area contributed by atoms with Crippen LogP contribution < -0.4 is 0 Å². The SMILES string of the molecule is CCCCCCCCCCCCCCCCCCCC(=O)OCC(COCCCCCCCCCCCC)OC(=O)CCCCCCCCCCCCCCCCC. The highest BCUT2D eigenvalue weighted by atomic mass is 16.6. The van der Waals surface area contributed by atoms with Crippen LogP contribution in [-0.2, 0) is 23.8 Å². The monoisotopic (exact) mass is 821 g/mol. The lowest BCUT2D eigenvalue weighted by atomic mass is 10.0. The standard InChI is InChI=1S/C53H104O5/c1-4-7-10-13-16-19-22-24-26-27-29-30-32-34-37-40-43-46-52(54)57-50-51(49-56-48-45-42-39-36-21-18-15-12-9-6-3)58-53(55)47-44-41-38-35-33-31-28-25-23-20-17-14-11-8-5-2/h51H,4-50H2,1-3H3. The van der Waals surface area contributed by atoms with Gasteiger partial charge in [0.2, 0.25) is 0 Å². The van der Waals surface area contributed by atoms with Crippen molar-refractivity contribution in [3.8, 4) is 0 Å². The largest absolute Gasteiger partial charge is 0.462 e. The van der Waals surface area contributed by atoms with E-state index in [1.165, 1.54) is 238 Å². The van der Waals surface area contributed by atoms with Crippen LogP contribution in [0.1, 0.15) is 303 Å². The van der Waals surface area contributed by atoms with Gasteiger partial charge in [0.15, 0.2) is 6.10 Å². The minimum absolute atomic E-state index is 0.0976. The first kappa shape index (κ1) is 56.9. The fraction of sp³-hybridized carbons (Fsp3) is 0.962. The lowest BCUT2D eigenvalue weighted by Gasteiger charge is -2.18. The van der Waals surface area contributed by atoms with Gasteiger partial charge in [0, 0.05) is 19.4 Å². The van der Waals surface area contributed by atoms with Crippen molar-refractivity contribution < 1.29 is 23.8 Å². The second-order valence-corrected chi connectivity index (χ2v) is 18.2. The average Bonchev–Trinajstić information content (AvgIpc) is 3.22. The second kappa shape index (κ2) is 50.3. The van der Waals surface area contributed by atoms with Gasteiger partial charge in [-0.3, -0.25) is 9.59 Å². The van der Waals surface area contributed by atoms with E-state index in [0.29, 0.717) is 26.1 Å². The number of rotatable bonds is 50. The maximum absolute atomic E-state index is 12.8. The van der Waals surface area contributed by atoms with Crippen molar-refractivity contribution in [2.24, 2.45) is 0 Å². The van der Waals surface area contributed by atoms with Crippen LogP contribution in [0.4, 0.5) is 0 Å². The first-order valence-electron chi connectivity index (χ1n) is 26.6. The fourth-order valence-electron chi connectivity index (χ4n) is 8.16. The molecule has 0 aliphatic heterocycles. The van der Waals surface area contributed by atoms with E-state index >= 15 is 0 Å². The molecule has 0 aromatic heterocycles. The molecule has 0 heterocycles. The van der Waals surface area contributed by atoms with Gasteiger partial charge in [-0.25, -0.2) is 0 Å². The summed E-state index contributed by atoms with van der Waals surface area (Å²) in [6, 6.07) is 0. The van der Waals surface area contributed by atoms with E-state index in [4.69, 9.17) is 14.2 Å². The molecule has 0 saturated heterocycles. The van der Waals surface area contributed by atoms with Gasteiger partial charge in [-0.2, -0.15) is 0 Å². The third kappa shape index (κ3) is 47.6. The minimum Gasteiger partial charge on any atom is -0.462 e. The van der Waals surface area contributed by atoms with Gasteiger partial charge in [-0.05, 0) is 19.3 Å². The van der Waals surface area contributed by atoms with Gasteiger partial charge in [0.05, 0.1) is 6.61 Å². The van der Waals surface area contributed by atoms with Crippen LogP contribution in [-0.4, -0.2) is 37.9 Å². The number of ether oxygens (including phenoxy) is 3. The second-order valence-electron chi connectivity index (χ2n) is 18.2. The molecule has 0 aromatic carbocycles. The third-order valence-electron chi connectivity index (χ3n) is 12.1. The van der Waals surface area contributed by atoms with Crippen LogP contribution in [0.2, 0.25) is 0 Å². The Bertz CT molecular complexity index is 799. The maximum Gasteiger partial charge on any atom is 0.306 e.